The third-order valence-corrected chi connectivity index (χ3v) is 2.86. The van der Waals surface area contributed by atoms with Gasteiger partial charge in [0.25, 0.3) is 0 Å². The number of carbonyl (C=O) groups is 1. The molecule has 0 radical (unpaired) electrons. The summed E-state index contributed by atoms with van der Waals surface area (Å²) in [5, 5.41) is 32.6. The van der Waals surface area contributed by atoms with Gasteiger partial charge in [0, 0.05) is 0 Å². The molecule has 0 spiro atoms. The monoisotopic (exact) mass is 300 g/mol. The molecule has 1 aromatic rings. The Morgan fingerprint density at radius 3 is 2.62 bits per heavy atom. The minimum atomic E-state index is -1.57. The maximum absolute atomic E-state index is 11.0. The van der Waals surface area contributed by atoms with Crippen LogP contribution < -0.4 is 16.8 Å². The number of anilines is 2. The zero-order valence-corrected chi connectivity index (χ0v) is 10.4. The van der Waals surface area contributed by atoms with Crippen LogP contribution in [0.5, 0.6) is 0 Å². The van der Waals surface area contributed by atoms with Gasteiger partial charge in [-0.05, 0) is 0 Å². The molecular weight excluding hydrogens is 288 g/mol. The fraction of sp³-hybridized carbons (Fsp3) is 0.444. The smallest absolute Gasteiger partial charge is 0.353 e. The van der Waals surface area contributed by atoms with Crippen molar-refractivity contribution in [3.8, 4) is 0 Å². The number of aliphatic hydroxyl groups is 2. The van der Waals surface area contributed by atoms with E-state index in [9.17, 15) is 25.1 Å². The van der Waals surface area contributed by atoms with Crippen LogP contribution in [0.3, 0.4) is 0 Å². The van der Waals surface area contributed by atoms with Gasteiger partial charge in [-0.3, -0.25) is 14.9 Å². The third kappa shape index (κ3) is 2.67. The number of nitrogen functional groups attached to an aromatic ring is 1. The summed E-state index contributed by atoms with van der Waals surface area (Å²) in [6.45, 7) is 0. The van der Waals surface area contributed by atoms with Crippen molar-refractivity contribution in [2.75, 3.05) is 11.1 Å². The molecule has 0 bridgehead atoms. The van der Waals surface area contributed by atoms with E-state index in [1.54, 1.807) is 0 Å². The van der Waals surface area contributed by atoms with Gasteiger partial charge in [-0.2, -0.15) is 0 Å². The highest BCUT2D eigenvalue weighted by Gasteiger charge is 2.46. The minimum absolute atomic E-state index is 0.325. The van der Waals surface area contributed by atoms with Gasteiger partial charge >= 0.3 is 5.69 Å². The summed E-state index contributed by atoms with van der Waals surface area (Å²) < 4.78 is 5.02. The van der Waals surface area contributed by atoms with Crippen molar-refractivity contribution in [1.82, 2.24) is 9.97 Å². The molecule has 1 fully saturated rings. The number of nitrogens with zero attached hydrogens (tertiary/aromatic N) is 3. The molecule has 114 valence electrons. The lowest BCUT2D eigenvalue weighted by molar-refractivity contribution is -0.383. The molecule has 2 heterocycles. The van der Waals surface area contributed by atoms with Gasteiger partial charge in [0.1, 0.15) is 18.5 Å². The van der Waals surface area contributed by atoms with Gasteiger partial charge in [-0.25, -0.2) is 9.97 Å². The molecule has 1 aromatic heterocycles. The summed E-state index contributed by atoms with van der Waals surface area (Å²) in [4.78, 5) is 28.2. The Kier molecular flexibility index (Phi) is 3.84. The summed E-state index contributed by atoms with van der Waals surface area (Å²) in [5.74, 6) is -1.70. The number of ether oxygens (including phenoxy) is 1. The molecule has 21 heavy (non-hydrogen) atoms. The van der Waals surface area contributed by atoms with Crippen LogP contribution in [-0.4, -0.2) is 55.6 Å². The highest BCUT2D eigenvalue weighted by Crippen LogP contribution is 2.29. The standard InChI is InChI=1S/C9H12N6O6/c10-6-2(15(19)20)8(13-1-12-6)14-9-4(17)3(16)5(21-9)7(11)18/h1,3-5,9,16-17H,(H2,11,18)(H3,10,12,13,14). The van der Waals surface area contributed by atoms with Crippen molar-refractivity contribution in [2.45, 2.75) is 24.5 Å². The van der Waals surface area contributed by atoms with E-state index in [1.807, 2.05) is 0 Å². The molecule has 1 aliphatic heterocycles. The molecule has 4 unspecified atom stereocenters. The van der Waals surface area contributed by atoms with Crippen LogP contribution in [0, 0.1) is 10.1 Å². The molecule has 2 rings (SSSR count). The van der Waals surface area contributed by atoms with Crippen LogP contribution in [0.4, 0.5) is 17.3 Å². The molecular formula is C9H12N6O6. The normalized spacial score (nSPS) is 28.3. The first-order valence-electron chi connectivity index (χ1n) is 5.65. The Morgan fingerprint density at radius 2 is 2.10 bits per heavy atom. The van der Waals surface area contributed by atoms with Gasteiger partial charge in [0.2, 0.25) is 17.5 Å². The van der Waals surface area contributed by atoms with Crippen LogP contribution in [0.25, 0.3) is 0 Å². The van der Waals surface area contributed by atoms with Crippen molar-refractivity contribution in [3.63, 3.8) is 0 Å². The molecule has 1 amide bonds. The van der Waals surface area contributed by atoms with E-state index >= 15 is 0 Å². The molecule has 12 nitrogen and oxygen atoms in total. The summed E-state index contributed by atoms with van der Waals surface area (Å²) in [6.07, 6.45) is -4.92. The van der Waals surface area contributed by atoms with Gasteiger partial charge in [-0.15, -0.1) is 0 Å². The van der Waals surface area contributed by atoms with Crippen molar-refractivity contribution >= 4 is 23.2 Å². The molecule has 1 aliphatic rings. The number of aromatic nitrogens is 2. The summed E-state index contributed by atoms with van der Waals surface area (Å²) in [5.41, 5.74) is 9.75. The Balaban J connectivity index is 2.25. The van der Waals surface area contributed by atoms with Crippen molar-refractivity contribution in [3.05, 3.63) is 16.4 Å². The highest BCUT2D eigenvalue weighted by molar-refractivity contribution is 5.80. The number of rotatable bonds is 4. The SMILES string of the molecule is NC(=O)C1OC(Nc2ncnc(N)c2[N+](=O)[O-])C(O)C1O. The summed E-state index contributed by atoms with van der Waals surface area (Å²) in [6, 6.07) is 0. The van der Waals surface area contributed by atoms with Crippen LogP contribution in [0.2, 0.25) is 0 Å². The Labute approximate surface area is 116 Å². The quantitative estimate of drug-likeness (QED) is 0.288. The largest absolute Gasteiger partial charge is 0.387 e. The zero-order chi connectivity index (χ0) is 15.7. The van der Waals surface area contributed by atoms with Gasteiger partial charge in [-0.1, -0.05) is 0 Å². The van der Waals surface area contributed by atoms with Crippen molar-refractivity contribution < 1.29 is 24.7 Å². The molecule has 12 heteroatoms. The average Bonchev–Trinajstić information content (AvgIpc) is 2.67. The van der Waals surface area contributed by atoms with E-state index in [4.69, 9.17) is 16.2 Å². The predicted octanol–water partition coefficient (Wildman–Crippen LogP) is -2.69. The first-order valence-corrected chi connectivity index (χ1v) is 5.65. The lowest BCUT2D eigenvalue weighted by Gasteiger charge is -2.16. The van der Waals surface area contributed by atoms with E-state index in [0.717, 1.165) is 6.33 Å². The summed E-state index contributed by atoms with van der Waals surface area (Å²) >= 11 is 0. The lowest BCUT2D eigenvalue weighted by Crippen LogP contribution is -2.40. The topological polar surface area (TPSA) is 200 Å². The maximum atomic E-state index is 11.0. The van der Waals surface area contributed by atoms with Crippen LogP contribution in [0.1, 0.15) is 0 Å². The van der Waals surface area contributed by atoms with E-state index in [-0.39, 0.29) is 5.82 Å². The second-order valence-corrected chi connectivity index (χ2v) is 4.22. The molecule has 0 aromatic carbocycles. The van der Waals surface area contributed by atoms with E-state index in [0.29, 0.717) is 0 Å². The predicted molar refractivity (Wildman–Crippen MR) is 66.6 cm³/mol. The first-order chi connectivity index (χ1) is 9.82. The fourth-order valence-electron chi connectivity index (χ4n) is 1.84. The molecule has 0 saturated carbocycles. The Bertz CT molecular complexity index is 582. The van der Waals surface area contributed by atoms with Crippen LogP contribution in [-0.2, 0) is 9.53 Å². The molecule has 1 saturated heterocycles. The zero-order valence-electron chi connectivity index (χ0n) is 10.4. The number of primary amides is 1. The number of nitrogens with one attached hydrogen (secondary N) is 1. The minimum Gasteiger partial charge on any atom is -0.387 e. The van der Waals surface area contributed by atoms with E-state index < -0.39 is 46.9 Å². The molecule has 7 N–H and O–H groups in total. The number of amides is 1. The number of aliphatic hydroxyl groups excluding tert-OH is 2. The number of nitrogens with two attached hydrogens (primary N) is 2. The number of nitro groups is 1. The highest BCUT2D eigenvalue weighted by atomic mass is 16.6. The number of hydrogen-bond acceptors (Lipinski definition) is 10. The Morgan fingerprint density at radius 1 is 1.43 bits per heavy atom. The summed E-state index contributed by atoms with van der Waals surface area (Å²) in [7, 11) is 0. The second-order valence-electron chi connectivity index (χ2n) is 4.22. The van der Waals surface area contributed by atoms with Crippen LogP contribution >= 0.6 is 0 Å². The lowest BCUT2D eigenvalue weighted by atomic mass is 10.1. The van der Waals surface area contributed by atoms with E-state index in [2.05, 4.69) is 15.3 Å². The number of hydrogen-bond donors (Lipinski definition) is 5. The van der Waals surface area contributed by atoms with Gasteiger partial charge < -0.3 is 31.7 Å². The molecule has 0 aliphatic carbocycles. The van der Waals surface area contributed by atoms with Crippen molar-refractivity contribution in [2.24, 2.45) is 5.73 Å². The number of carbonyl (C=O) groups excluding carboxylic acids is 1. The average molecular weight is 300 g/mol. The Hall–Kier alpha value is -2.57. The molecule has 4 atom stereocenters. The van der Waals surface area contributed by atoms with Crippen LogP contribution in [0.15, 0.2) is 6.33 Å². The van der Waals surface area contributed by atoms with Crippen molar-refractivity contribution in [1.29, 1.82) is 0 Å². The second kappa shape index (κ2) is 5.43. The first kappa shape index (κ1) is 14.8. The third-order valence-electron chi connectivity index (χ3n) is 2.86. The maximum Gasteiger partial charge on any atom is 0.353 e. The van der Waals surface area contributed by atoms with Gasteiger partial charge in [0.15, 0.2) is 12.3 Å². The van der Waals surface area contributed by atoms with Gasteiger partial charge in [0.05, 0.1) is 4.92 Å². The van der Waals surface area contributed by atoms with E-state index in [1.165, 1.54) is 0 Å². The fourth-order valence-corrected chi connectivity index (χ4v) is 1.84.